The summed E-state index contributed by atoms with van der Waals surface area (Å²) in [6, 6.07) is 5.83. The van der Waals surface area contributed by atoms with E-state index in [1.54, 1.807) is 0 Å². The van der Waals surface area contributed by atoms with E-state index in [-0.39, 0.29) is 6.03 Å². The Morgan fingerprint density at radius 2 is 2.24 bits per heavy atom. The highest BCUT2D eigenvalue weighted by Crippen LogP contribution is 2.23. The Hall–Kier alpha value is -1.59. The zero-order chi connectivity index (χ0) is 14.7. The zero-order valence-corrected chi connectivity index (χ0v) is 12.5. The van der Waals surface area contributed by atoms with Crippen molar-refractivity contribution in [3.8, 4) is 0 Å². The Morgan fingerprint density at radius 1 is 1.38 bits per heavy atom. The molecule has 21 heavy (non-hydrogen) atoms. The SMILES string of the molecule is CN1CCCC(CNC(=O)Nc2ccc3c(c2)COC3)C1. The second-order valence-electron chi connectivity index (χ2n) is 6.08. The summed E-state index contributed by atoms with van der Waals surface area (Å²) in [7, 11) is 2.14. The third-order valence-corrected chi connectivity index (χ3v) is 4.25. The minimum atomic E-state index is -0.123. The van der Waals surface area contributed by atoms with Crippen LogP contribution in [0.1, 0.15) is 24.0 Å². The Balaban J connectivity index is 1.48. The van der Waals surface area contributed by atoms with Crippen LogP contribution in [-0.4, -0.2) is 37.6 Å². The molecule has 0 aromatic heterocycles. The number of anilines is 1. The van der Waals surface area contributed by atoms with Crippen LogP contribution in [0.4, 0.5) is 10.5 Å². The predicted octanol–water partition coefficient (Wildman–Crippen LogP) is 2.18. The van der Waals surface area contributed by atoms with Gasteiger partial charge in [-0.05, 0) is 55.6 Å². The lowest BCUT2D eigenvalue weighted by Crippen LogP contribution is -2.40. The maximum Gasteiger partial charge on any atom is 0.319 e. The van der Waals surface area contributed by atoms with Gasteiger partial charge in [-0.2, -0.15) is 0 Å². The van der Waals surface area contributed by atoms with Gasteiger partial charge in [-0.1, -0.05) is 6.07 Å². The van der Waals surface area contributed by atoms with Crippen molar-refractivity contribution in [2.45, 2.75) is 26.1 Å². The van der Waals surface area contributed by atoms with Gasteiger partial charge < -0.3 is 20.3 Å². The monoisotopic (exact) mass is 289 g/mol. The van der Waals surface area contributed by atoms with Crippen molar-refractivity contribution in [1.82, 2.24) is 10.2 Å². The molecule has 0 aliphatic carbocycles. The smallest absolute Gasteiger partial charge is 0.319 e. The van der Waals surface area contributed by atoms with Crippen molar-refractivity contribution < 1.29 is 9.53 Å². The Morgan fingerprint density at radius 3 is 3.10 bits per heavy atom. The Bertz CT molecular complexity index is 518. The predicted molar refractivity (Wildman–Crippen MR) is 82.2 cm³/mol. The highest BCUT2D eigenvalue weighted by atomic mass is 16.5. The van der Waals surface area contributed by atoms with Crippen molar-refractivity contribution in [2.24, 2.45) is 5.92 Å². The molecule has 1 unspecified atom stereocenters. The van der Waals surface area contributed by atoms with E-state index < -0.39 is 0 Å². The van der Waals surface area contributed by atoms with Crippen molar-refractivity contribution in [2.75, 3.05) is 32.0 Å². The molecule has 1 atom stereocenters. The topological polar surface area (TPSA) is 53.6 Å². The van der Waals surface area contributed by atoms with Crippen LogP contribution in [0.15, 0.2) is 18.2 Å². The molecule has 2 N–H and O–H groups in total. The van der Waals surface area contributed by atoms with E-state index in [1.165, 1.54) is 30.5 Å². The first-order chi connectivity index (χ1) is 10.2. The molecular formula is C16H23N3O2. The molecule has 0 saturated carbocycles. The van der Waals surface area contributed by atoms with Crippen molar-refractivity contribution in [1.29, 1.82) is 0 Å². The summed E-state index contributed by atoms with van der Waals surface area (Å²) < 4.78 is 5.38. The molecule has 1 fully saturated rings. The van der Waals surface area contributed by atoms with Crippen LogP contribution in [0.3, 0.4) is 0 Å². The van der Waals surface area contributed by atoms with E-state index in [4.69, 9.17) is 4.74 Å². The summed E-state index contributed by atoms with van der Waals surface area (Å²) in [6.45, 7) is 4.29. The second-order valence-corrected chi connectivity index (χ2v) is 6.08. The number of likely N-dealkylation sites (tertiary alicyclic amines) is 1. The van der Waals surface area contributed by atoms with Crippen molar-refractivity contribution in [3.63, 3.8) is 0 Å². The van der Waals surface area contributed by atoms with Gasteiger partial charge >= 0.3 is 6.03 Å². The number of piperidine rings is 1. The standard InChI is InChI=1S/C16H23N3O2/c1-19-6-2-3-12(9-19)8-17-16(20)18-15-5-4-13-10-21-11-14(13)7-15/h4-5,7,12H,2-3,6,8-11H2,1H3,(H2,17,18,20). The number of ether oxygens (including phenoxy) is 1. The van der Waals surface area contributed by atoms with Gasteiger partial charge in [0, 0.05) is 18.8 Å². The number of fused-ring (bicyclic) bond motifs is 1. The van der Waals surface area contributed by atoms with E-state index in [9.17, 15) is 4.79 Å². The molecule has 5 heteroatoms. The van der Waals surface area contributed by atoms with Crippen LogP contribution < -0.4 is 10.6 Å². The number of benzene rings is 1. The van der Waals surface area contributed by atoms with Gasteiger partial charge in [0.1, 0.15) is 0 Å². The number of nitrogens with one attached hydrogen (secondary N) is 2. The zero-order valence-electron chi connectivity index (χ0n) is 12.5. The maximum absolute atomic E-state index is 12.0. The largest absolute Gasteiger partial charge is 0.372 e. The number of amides is 2. The summed E-state index contributed by atoms with van der Waals surface area (Å²) >= 11 is 0. The molecular weight excluding hydrogens is 266 g/mol. The number of nitrogens with zero attached hydrogens (tertiary/aromatic N) is 1. The van der Waals surface area contributed by atoms with Crippen molar-refractivity contribution >= 4 is 11.7 Å². The van der Waals surface area contributed by atoms with Gasteiger partial charge in [0.05, 0.1) is 13.2 Å². The molecule has 2 aliphatic heterocycles. The highest BCUT2D eigenvalue weighted by molar-refractivity contribution is 5.89. The van der Waals surface area contributed by atoms with Gasteiger partial charge in [-0.3, -0.25) is 0 Å². The van der Waals surface area contributed by atoms with Gasteiger partial charge in [0.25, 0.3) is 0 Å². The van der Waals surface area contributed by atoms with Crippen LogP contribution >= 0.6 is 0 Å². The van der Waals surface area contributed by atoms with Crippen LogP contribution in [-0.2, 0) is 18.0 Å². The highest BCUT2D eigenvalue weighted by Gasteiger charge is 2.18. The molecule has 2 aliphatic rings. The molecule has 114 valence electrons. The fraction of sp³-hybridized carbons (Fsp3) is 0.562. The van der Waals surface area contributed by atoms with Crippen molar-refractivity contribution in [3.05, 3.63) is 29.3 Å². The van der Waals surface area contributed by atoms with E-state index in [1.807, 2.05) is 18.2 Å². The summed E-state index contributed by atoms with van der Waals surface area (Å²) in [5, 5.41) is 5.88. The van der Waals surface area contributed by atoms with E-state index in [0.717, 1.165) is 18.8 Å². The summed E-state index contributed by atoms with van der Waals surface area (Å²) in [5.41, 5.74) is 3.21. The molecule has 2 amide bonds. The Labute approximate surface area is 125 Å². The van der Waals surface area contributed by atoms with Gasteiger partial charge in [-0.15, -0.1) is 0 Å². The lowest BCUT2D eigenvalue weighted by molar-refractivity contribution is 0.134. The summed E-state index contributed by atoms with van der Waals surface area (Å²) in [4.78, 5) is 14.3. The number of hydrogen-bond acceptors (Lipinski definition) is 3. The molecule has 3 rings (SSSR count). The molecule has 2 heterocycles. The third kappa shape index (κ3) is 3.74. The number of hydrogen-bond donors (Lipinski definition) is 2. The van der Waals surface area contributed by atoms with Crippen LogP contribution in [0.5, 0.6) is 0 Å². The Kier molecular flexibility index (Phi) is 4.41. The van der Waals surface area contributed by atoms with Gasteiger partial charge in [0.2, 0.25) is 0 Å². The average Bonchev–Trinajstić information content (AvgIpc) is 2.93. The summed E-state index contributed by atoms with van der Waals surface area (Å²) in [6.07, 6.45) is 2.41. The quantitative estimate of drug-likeness (QED) is 0.897. The first-order valence-electron chi connectivity index (χ1n) is 7.63. The number of carbonyl (C=O) groups is 1. The van der Waals surface area contributed by atoms with E-state index in [0.29, 0.717) is 19.1 Å². The van der Waals surface area contributed by atoms with Gasteiger partial charge in [-0.25, -0.2) is 4.79 Å². The average molecular weight is 289 g/mol. The lowest BCUT2D eigenvalue weighted by Gasteiger charge is -2.29. The third-order valence-electron chi connectivity index (χ3n) is 4.25. The summed E-state index contributed by atoms with van der Waals surface area (Å²) in [5.74, 6) is 0.558. The number of carbonyl (C=O) groups excluding carboxylic acids is 1. The molecule has 5 nitrogen and oxygen atoms in total. The lowest BCUT2D eigenvalue weighted by atomic mass is 9.99. The molecule has 0 bridgehead atoms. The molecule has 0 radical (unpaired) electrons. The number of rotatable bonds is 3. The minimum Gasteiger partial charge on any atom is -0.372 e. The van der Waals surface area contributed by atoms with Gasteiger partial charge in [0.15, 0.2) is 0 Å². The fourth-order valence-electron chi connectivity index (χ4n) is 3.10. The molecule has 1 aromatic rings. The fourth-order valence-corrected chi connectivity index (χ4v) is 3.10. The van der Waals surface area contributed by atoms with E-state index in [2.05, 4.69) is 22.6 Å². The van der Waals surface area contributed by atoms with E-state index >= 15 is 0 Å². The first kappa shape index (κ1) is 14.4. The molecule has 0 spiro atoms. The first-order valence-corrected chi connectivity index (χ1v) is 7.63. The maximum atomic E-state index is 12.0. The second kappa shape index (κ2) is 6.45. The number of urea groups is 1. The van der Waals surface area contributed by atoms with Crippen LogP contribution in [0, 0.1) is 5.92 Å². The molecule has 1 saturated heterocycles. The molecule has 1 aromatic carbocycles. The van der Waals surface area contributed by atoms with Crippen LogP contribution in [0.25, 0.3) is 0 Å². The minimum absolute atomic E-state index is 0.123. The normalized spacial score (nSPS) is 21.9. The van der Waals surface area contributed by atoms with Crippen LogP contribution in [0.2, 0.25) is 0 Å².